The van der Waals surface area contributed by atoms with E-state index in [1.165, 1.54) is 0 Å². The highest BCUT2D eigenvalue weighted by atomic mass is 35.5. The van der Waals surface area contributed by atoms with E-state index in [1.807, 2.05) is 13.8 Å². The van der Waals surface area contributed by atoms with E-state index in [2.05, 4.69) is 29.5 Å². The van der Waals surface area contributed by atoms with E-state index in [0.717, 1.165) is 6.42 Å². The van der Waals surface area contributed by atoms with Crippen molar-refractivity contribution in [3.8, 4) is 5.88 Å². The van der Waals surface area contributed by atoms with Crippen LogP contribution in [0, 0.1) is 5.92 Å². The van der Waals surface area contributed by atoms with Crippen LogP contribution in [0.2, 0.25) is 5.02 Å². The Hall–Kier alpha value is -1.33. The number of rotatable bonds is 9. The fraction of sp³-hybridized carbons (Fsp3) is 0.625. The van der Waals surface area contributed by atoms with Crippen molar-refractivity contribution in [3.63, 3.8) is 0 Å². The highest BCUT2D eigenvalue weighted by Crippen LogP contribution is 2.21. The van der Waals surface area contributed by atoms with Crippen LogP contribution in [-0.2, 0) is 4.79 Å². The maximum atomic E-state index is 11.8. The van der Waals surface area contributed by atoms with Gasteiger partial charge in [-0.1, -0.05) is 32.4 Å². The smallest absolute Gasteiger partial charge is 0.233 e. The van der Waals surface area contributed by atoms with Crippen LogP contribution in [0.4, 0.5) is 0 Å². The van der Waals surface area contributed by atoms with E-state index in [1.54, 1.807) is 18.3 Å². The van der Waals surface area contributed by atoms with Gasteiger partial charge in [0.1, 0.15) is 11.6 Å². The second kappa shape index (κ2) is 8.96. The van der Waals surface area contributed by atoms with Crippen LogP contribution >= 0.6 is 11.6 Å². The monoisotopic (exact) mass is 327 g/mol. The molecule has 0 bridgehead atoms. The molecular formula is C16H26ClN3O2. The third-order valence-corrected chi connectivity index (χ3v) is 3.70. The predicted octanol–water partition coefficient (Wildman–Crippen LogP) is 2.64. The minimum atomic E-state index is -0.323. The van der Waals surface area contributed by atoms with Crippen molar-refractivity contribution >= 4 is 17.5 Å². The van der Waals surface area contributed by atoms with Crippen LogP contribution < -0.4 is 15.4 Å². The van der Waals surface area contributed by atoms with Crippen molar-refractivity contribution in [1.82, 2.24) is 15.6 Å². The molecule has 0 spiro atoms. The fourth-order valence-corrected chi connectivity index (χ4v) is 1.83. The first kappa shape index (κ1) is 18.7. The summed E-state index contributed by atoms with van der Waals surface area (Å²) in [5.74, 6) is 0.843. The van der Waals surface area contributed by atoms with E-state index in [0.29, 0.717) is 30.0 Å². The third kappa shape index (κ3) is 6.62. The molecule has 1 atom stereocenters. The van der Waals surface area contributed by atoms with Gasteiger partial charge >= 0.3 is 0 Å². The molecule has 6 heteroatoms. The second-order valence-corrected chi connectivity index (χ2v) is 6.45. The number of amides is 1. The van der Waals surface area contributed by atoms with Crippen molar-refractivity contribution in [2.75, 3.05) is 19.7 Å². The Balaban J connectivity index is 2.47. The zero-order chi connectivity index (χ0) is 16.6. The first-order valence-electron chi connectivity index (χ1n) is 7.61. The highest BCUT2D eigenvalue weighted by Gasteiger charge is 2.24. The maximum absolute atomic E-state index is 11.8. The van der Waals surface area contributed by atoms with Gasteiger partial charge in [0.15, 0.2) is 0 Å². The Kier molecular flexibility index (Phi) is 7.62. The van der Waals surface area contributed by atoms with E-state index < -0.39 is 0 Å². The number of hydrogen-bond donors (Lipinski definition) is 2. The topological polar surface area (TPSA) is 63.2 Å². The molecule has 1 aromatic rings. The molecule has 0 aromatic carbocycles. The van der Waals surface area contributed by atoms with Crippen LogP contribution in [-0.4, -0.2) is 36.1 Å². The van der Waals surface area contributed by atoms with Gasteiger partial charge in [0.05, 0.1) is 6.54 Å². The number of ether oxygens (including phenoxy) is 1. The lowest BCUT2D eigenvalue weighted by molar-refractivity contribution is -0.120. The van der Waals surface area contributed by atoms with Crippen LogP contribution in [0.15, 0.2) is 18.3 Å². The van der Waals surface area contributed by atoms with Crippen molar-refractivity contribution < 1.29 is 9.53 Å². The van der Waals surface area contributed by atoms with E-state index >= 15 is 0 Å². The fourth-order valence-electron chi connectivity index (χ4n) is 1.66. The Morgan fingerprint density at radius 3 is 2.82 bits per heavy atom. The van der Waals surface area contributed by atoms with Gasteiger partial charge in [-0.2, -0.15) is 0 Å². The average molecular weight is 328 g/mol. The number of aromatic nitrogens is 1. The average Bonchev–Trinajstić information content (AvgIpc) is 2.50. The molecule has 2 N–H and O–H groups in total. The lowest BCUT2D eigenvalue weighted by atomic mass is 10.0. The Bertz CT molecular complexity index is 482. The summed E-state index contributed by atoms with van der Waals surface area (Å²) in [6, 6.07) is 3.49. The zero-order valence-corrected chi connectivity index (χ0v) is 14.5. The molecule has 0 saturated carbocycles. The molecule has 1 aromatic heterocycles. The molecule has 124 valence electrons. The number of hydrogen-bond acceptors (Lipinski definition) is 4. The molecule has 0 aliphatic carbocycles. The molecule has 0 fully saturated rings. The zero-order valence-electron chi connectivity index (χ0n) is 13.8. The summed E-state index contributed by atoms with van der Waals surface area (Å²) in [5.41, 5.74) is -0.323. The Labute approximate surface area is 137 Å². The molecule has 1 amide bonds. The predicted molar refractivity (Wildman–Crippen MR) is 89.3 cm³/mol. The van der Waals surface area contributed by atoms with Crippen molar-refractivity contribution in [2.24, 2.45) is 5.92 Å². The molecule has 1 rings (SSSR count). The molecule has 22 heavy (non-hydrogen) atoms. The standard InChI is InChI=1S/C16H26ClN3O2/c1-5-16(4,20-10-14(21)19-9-12(2)3)11-22-15-13(17)7-6-8-18-15/h6-8,12,20H,5,9-11H2,1-4H3,(H,19,21)/t16-/m0/s1. The summed E-state index contributed by atoms with van der Waals surface area (Å²) in [4.78, 5) is 15.9. The molecule has 1 heterocycles. The summed E-state index contributed by atoms with van der Waals surface area (Å²) in [5, 5.41) is 6.62. The number of nitrogens with zero attached hydrogens (tertiary/aromatic N) is 1. The van der Waals surface area contributed by atoms with Gasteiger partial charge in [0, 0.05) is 18.3 Å². The first-order chi connectivity index (χ1) is 10.4. The van der Waals surface area contributed by atoms with Crippen molar-refractivity contribution in [1.29, 1.82) is 0 Å². The summed E-state index contributed by atoms with van der Waals surface area (Å²) in [6.45, 7) is 9.52. The van der Waals surface area contributed by atoms with Gasteiger partial charge in [-0.3, -0.25) is 10.1 Å². The molecule has 0 aliphatic heterocycles. The van der Waals surface area contributed by atoms with Crippen molar-refractivity contribution in [3.05, 3.63) is 23.4 Å². The third-order valence-electron chi connectivity index (χ3n) is 3.42. The second-order valence-electron chi connectivity index (χ2n) is 6.04. The van der Waals surface area contributed by atoms with Gasteiger partial charge in [0.25, 0.3) is 0 Å². The van der Waals surface area contributed by atoms with Gasteiger partial charge < -0.3 is 10.1 Å². The minimum Gasteiger partial charge on any atom is -0.475 e. The van der Waals surface area contributed by atoms with Gasteiger partial charge in [-0.15, -0.1) is 0 Å². The quantitative estimate of drug-likeness (QED) is 0.732. The number of carbonyl (C=O) groups excluding carboxylic acids is 1. The summed E-state index contributed by atoms with van der Waals surface area (Å²) in [7, 11) is 0. The van der Waals surface area contributed by atoms with Gasteiger partial charge in [-0.05, 0) is 31.4 Å². The van der Waals surface area contributed by atoms with Crippen molar-refractivity contribution in [2.45, 2.75) is 39.7 Å². The molecule has 5 nitrogen and oxygen atoms in total. The normalized spacial score (nSPS) is 13.7. The molecular weight excluding hydrogens is 302 g/mol. The maximum Gasteiger partial charge on any atom is 0.233 e. The number of pyridine rings is 1. The van der Waals surface area contributed by atoms with E-state index in [-0.39, 0.29) is 18.0 Å². The van der Waals surface area contributed by atoms with E-state index in [9.17, 15) is 4.79 Å². The minimum absolute atomic E-state index is 0.00996. The summed E-state index contributed by atoms with van der Waals surface area (Å²) in [6.07, 6.45) is 2.45. The van der Waals surface area contributed by atoms with Gasteiger partial charge in [-0.25, -0.2) is 4.98 Å². The first-order valence-corrected chi connectivity index (χ1v) is 7.99. The lowest BCUT2D eigenvalue weighted by Gasteiger charge is -2.29. The molecule has 0 aliphatic rings. The summed E-state index contributed by atoms with van der Waals surface area (Å²) >= 11 is 6.02. The number of halogens is 1. The lowest BCUT2D eigenvalue weighted by Crippen LogP contribution is -2.51. The Morgan fingerprint density at radius 2 is 2.23 bits per heavy atom. The number of carbonyl (C=O) groups is 1. The number of nitrogens with one attached hydrogen (secondary N) is 2. The SMILES string of the molecule is CC[C@@](C)(COc1ncccc1Cl)NCC(=O)NCC(C)C. The van der Waals surface area contributed by atoms with Crippen LogP contribution in [0.25, 0.3) is 0 Å². The van der Waals surface area contributed by atoms with E-state index in [4.69, 9.17) is 16.3 Å². The molecule has 0 saturated heterocycles. The summed E-state index contributed by atoms with van der Waals surface area (Å²) < 4.78 is 5.69. The van der Waals surface area contributed by atoms with Crippen LogP contribution in [0.1, 0.15) is 34.1 Å². The molecule has 0 radical (unpaired) electrons. The van der Waals surface area contributed by atoms with Crippen LogP contribution in [0.3, 0.4) is 0 Å². The Morgan fingerprint density at radius 1 is 1.50 bits per heavy atom. The molecule has 0 unspecified atom stereocenters. The van der Waals surface area contributed by atoms with Crippen LogP contribution in [0.5, 0.6) is 5.88 Å². The van der Waals surface area contributed by atoms with Gasteiger partial charge in [0.2, 0.25) is 11.8 Å². The largest absolute Gasteiger partial charge is 0.475 e. The highest BCUT2D eigenvalue weighted by molar-refractivity contribution is 6.31.